The smallest absolute Gasteiger partial charge is 0.305 e. The zero-order valence-electron chi connectivity index (χ0n) is 10.5. The van der Waals surface area contributed by atoms with Crippen LogP contribution in [-0.2, 0) is 9.53 Å². The van der Waals surface area contributed by atoms with E-state index in [4.69, 9.17) is 33.8 Å². The number of pyridine rings is 1. The SMILES string of the molecule is CCOC(=O)CCCNc1nc(NN)c(Cl)cc1Cl. The molecule has 106 valence electrons. The number of hydrogen-bond donors (Lipinski definition) is 3. The lowest BCUT2D eigenvalue weighted by atomic mass is 10.3. The quantitative estimate of drug-likeness (QED) is 0.310. The zero-order valence-corrected chi connectivity index (χ0v) is 12.0. The fourth-order valence-corrected chi connectivity index (χ4v) is 1.84. The van der Waals surface area contributed by atoms with Gasteiger partial charge in [-0.25, -0.2) is 10.8 Å². The van der Waals surface area contributed by atoms with Crippen molar-refractivity contribution in [2.24, 2.45) is 5.84 Å². The Bertz CT molecular complexity index is 443. The third-order valence-electron chi connectivity index (χ3n) is 2.22. The van der Waals surface area contributed by atoms with E-state index >= 15 is 0 Å². The summed E-state index contributed by atoms with van der Waals surface area (Å²) in [5.74, 6) is 5.84. The van der Waals surface area contributed by atoms with E-state index in [0.717, 1.165) is 0 Å². The van der Waals surface area contributed by atoms with Gasteiger partial charge in [-0.15, -0.1) is 0 Å². The summed E-state index contributed by atoms with van der Waals surface area (Å²) in [4.78, 5) is 15.2. The molecule has 6 nitrogen and oxygen atoms in total. The summed E-state index contributed by atoms with van der Waals surface area (Å²) in [6, 6.07) is 1.54. The van der Waals surface area contributed by atoms with Gasteiger partial charge in [-0.3, -0.25) is 4.79 Å². The minimum Gasteiger partial charge on any atom is -0.466 e. The van der Waals surface area contributed by atoms with E-state index in [1.54, 1.807) is 13.0 Å². The number of halogens is 2. The minimum absolute atomic E-state index is 0.219. The van der Waals surface area contributed by atoms with Gasteiger partial charge in [-0.1, -0.05) is 23.2 Å². The molecule has 1 aromatic heterocycles. The second kappa shape index (κ2) is 8.04. The number of carbonyl (C=O) groups is 1. The molecule has 1 rings (SSSR count). The molecule has 0 radical (unpaired) electrons. The van der Waals surface area contributed by atoms with Crippen LogP contribution in [0.5, 0.6) is 0 Å². The van der Waals surface area contributed by atoms with Crippen molar-refractivity contribution >= 4 is 40.8 Å². The van der Waals surface area contributed by atoms with Crippen LogP contribution in [0.1, 0.15) is 19.8 Å². The molecule has 19 heavy (non-hydrogen) atoms. The minimum atomic E-state index is -0.219. The average Bonchev–Trinajstić information content (AvgIpc) is 2.37. The number of nitrogens with two attached hydrogens (primary N) is 1. The molecule has 0 unspecified atom stereocenters. The van der Waals surface area contributed by atoms with Crippen molar-refractivity contribution in [1.29, 1.82) is 0 Å². The van der Waals surface area contributed by atoms with Crippen molar-refractivity contribution in [3.8, 4) is 0 Å². The van der Waals surface area contributed by atoms with Crippen LogP contribution < -0.4 is 16.6 Å². The van der Waals surface area contributed by atoms with Crippen molar-refractivity contribution in [2.45, 2.75) is 19.8 Å². The Hall–Kier alpha value is -1.24. The van der Waals surface area contributed by atoms with Crippen LogP contribution in [0.2, 0.25) is 10.0 Å². The standard InChI is InChI=1S/C11H16Cl2N4O2/c1-2-19-9(18)4-3-5-15-10-7(12)6-8(13)11(16-10)17-14/h6H,2-5,14H2,1H3,(H2,15,16,17). The maximum Gasteiger partial charge on any atom is 0.305 e. The van der Waals surface area contributed by atoms with E-state index in [9.17, 15) is 4.79 Å². The highest BCUT2D eigenvalue weighted by Crippen LogP contribution is 2.28. The van der Waals surface area contributed by atoms with Crippen LogP contribution in [0.15, 0.2) is 6.07 Å². The molecule has 1 aromatic rings. The summed E-state index contributed by atoms with van der Waals surface area (Å²) in [7, 11) is 0. The number of nitrogen functional groups attached to an aromatic ring is 1. The van der Waals surface area contributed by atoms with Crippen LogP contribution in [0.4, 0.5) is 11.6 Å². The van der Waals surface area contributed by atoms with E-state index in [-0.39, 0.29) is 5.97 Å². The molecule has 4 N–H and O–H groups in total. The van der Waals surface area contributed by atoms with Gasteiger partial charge in [-0.2, -0.15) is 0 Å². The van der Waals surface area contributed by atoms with E-state index < -0.39 is 0 Å². The maximum atomic E-state index is 11.1. The molecular weight excluding hydrogens is 291 g/mol. The lowest BCUT2D eigenvalue weighted by Gasteiger charge is -2.10. The number of nitrogens with one attached hydrogen (secondary N) is 2. The molecule has 1 heterocycles. The van der Waals surface area contributed by atoms with Gasteiger partial charge in [0, 0.05) is 13.0 Å². The number of nitrogens with zero attached hydrogens (tertiary/aromatic N) is 1. The Morgan fingerprint density at radius 2 is 2.11 bits per heavy atom. The first kappa shape index (κ1) is 15.8. The number of carbonyl (C=O) groups excluding carboxylic acids is 1. The number of anilines is 2. The molecule has 0 bridgehead atoms. The van der Waals surface area contributed by atoms with Gasteiger partial charge in [0.1, 0.15) is 5.82 Å². The second-order valence-corrected chi connectivity index (χ2v) is 4.44. The predicted molar refractivity (Wildman–Crippen MR) is 76.4 cm³/mol. The molecular formula is C11H16Cl2N4O2. The normalized spacial score (nSPS) is 10.1. The number of aromatic nitrogens is 1. The molecule has 0 atom stereocenters. The van der Waals surface area contributed by atoms with E-state index in [2.05, 4.69) is 15.7 Å². The Balaban J connectivity index is 2.47. The number of rotatable bonds is 7. The molecule has 0 saturated carbocycles. The summed E-state index contributed by atoms with van der Waals surface area (Å²) >= 11 is 11.8. The summed E-state index contributed by atoms with van der Waals surface area (Å²) < 4.78 is 4.82. The second-order valence-electron chi connectivity index (χ2n) is 3.63. The van der Waals surface area contributed by atoms with Crippen molar-refractivity contribution in [3.05, 3.63) is 16.1 Å². The summed E-state index contributed by atoms with van der Waals surface area (Å²) in [6.07, 6.45) is 0.957. The zero-order chi connectivity index (χ0) is 14.3. The highest BCUT2D eigenvalue weighted by atomic mass is 35.5. The molecule has 0 aliphatic heterocycles. The molecule has 8 heteroatoms. The summed E-state index contributed by atoms with van der Waals surface area (Å²) in [5.41, 5.74) is 2.37. The fourth-order valence-electron chi connectivity index (χ4n) is 1.36. The van der Waals surface area contributed by atoms with Crippen LogP contribution in [0.3, 0.4) is 0 Å². The first-order valence-electron chi connectivity index (χ1n) is 5.80. The van der Waals surface area contributed by atoms with Gasteiger partial charge in [0.05, 0.1) is 16.7 Å². The van der Waals surface area contributed by atoms with Crippen LogP contribution >= 0.6 is 23.2 Å². The molecule has 0 spiro atoms. The molecule has 0 fully saturated rings. The first-order chi connectivity index (χ1) is 9.08. The molecule has 0 saturated heterocycles. The van der Waals surface area contributed by atoms with Crippen LogP contribution in [-0.4, -0.2) is 24.1 Å². The summed E-state index contributed by atoms with van der Waals surface area (Å²) in [6.45, 7) is 2.70. The number of ether oxygens (including phenoxy) is 1. The van der Waals surface area contributed by atoms with Crippen molar-refractivity contribution < 1.29 is 9.53 Å². The highest BCUT2D eigenvalue weighted by molar-refractivity contribution is 6.37. The largest absolute Gasteiger partial charge is 0.466 e. The fraction of sp³-hybridized carbons (Fsp3) is 0.455. The van der Waals surface area contributed by atoms with E-state index in [0.29, 0.717) is 47.7 Å². The van der Waals surface area contributed by atoms with E-state index in [1.807, 2.05) is 0 Å². The van der Waals surface area contributed by atoms with Gasteiger partial charge >= 0.3 is 5.97 Å². The number of esters is 1. The van der Waals surface area contributed by atoms with Crippen molar-refractivity contribution in [3.63, 3.8) is 0 Å². The first-order valence-corrected chi connectivity index (χ1v) is 6.56. The van der Waals surface area contributed by atoms with Crippen LogP contribution in [0, 0.1) is 0 Å². The van der Waals surface area contributed by atoms with E-state index in [1.165, 1.54) is 0 Å². The van der Waals surface area contributed by atoms with Gasteiger partial charge in [0.2, 0.25) is 0 Å². The van der Waals surface area contributed by atoms with Gasteiger partial charge in [0.15, 0.2) is 5.82 Å². The topological polar surface area (TPSA) is 89.3 Å². The number of hydrazine groups is 1. The summed E-state index contributed by atoms with van der Waals surface area (Å²) in [5, 5.41) is 3.73. The predicted octanol–water partition coefficient (Wildman–Crippen LogP) is 2.43. The Morgan fingerprint density at radius 1 is 1.42 bits per heavy atom. The third kappa shape index (κ3) is 5.10. The molecule has 0 aromatic carbocycles. The Morgan fingerprint density at radius 3 is 2.74 bits per heavy atom. The van der Waals surface area contributed by atoms with Gasteiger partial charge < -0.3 is 15.5 Å². The third-order valence-corrected chi connectivity index (χ3v) is 2.80. The molecule has 0 amide bonds. The van der Waals surface area contributed by atoms with Gasteiger partial charge in [0.25, 0.3) is 0 Å². The van der Waals surface area contributed by atoms with Crippen molar-refractivity contribution in [1.82, 2.24) is 4.98 Å². The average molecular weight is 307 g/mol. The Kier molecular flexibility index (Phi) is 6.69. The lowest BCUT2D eigenvalue weighted by molar-refractivity contribution is -0.143. The number of hydrogen-bond acceptors (Lipinski definition) is 6. The van der Waals surface area contributed by atoms with Crippen LogP contribution in [0.25, 0.3) is 0 Å². The Labute approximate surface area is 121 Å². The monoisotopic (exact) mass is 306 g/mol. The highest BCUT2D eigenvalue weighted by Gasteiger charge is 2.08. The van der Waals surface area contributed by atoms with Gasteiger partial charge in [-0.05, 0) is 19.4 Å². The molecule has 0 aliphatic carbocycles. The molecule has 0 aliphatic rings. The lowest BCUT2D eigenvalue weighted by Crippen LogP contribution is -2.12. The van der Waals surface area contributed by atoms with Crippen molar-refractivity contribution in [2.75, 3.05) is 23.9 Å². The maximum absolute atomic E-state index is 11.1.